The van der Waals surface area contributed by atoms with Gasteiger partial charge in [-0.25, -0.2) is 9.97 Å². The number of nitriles is 1. The average molecular weight is 306 g/mol. The second-order valence-electron chi connectivity index (χ2n) is 3.04. The molecule has 0 aliphatic heterocycles. The summed E-state index contributed by atoms with van der Waals surface area (Å²) in [6.07, 6.45) is 4.90. The highest BCUT2D eigenvalue weighted by molar-refractivity contribution is 8.00. The van der Waals surface area contributed by atoms with Crippen LogP contribution in [0.3, 0.4) is 0 Å². The molecule has 7 heteroatoms. The monoisotopic (exact) mass is 306 g/mol. The molecule has 0 unspecified atom stereocenters. The predicted octanol–water partition coefficient (Wildman–Crippen LogP) is 3.04. The Balaban J connectivity index is 0.000000956. The van der Waals surface area contributed by atoms with Crippen LogP contribution in [0.2, 0.25) is 0 Å². The zero-order chi connectivity index (χ0) is 14.8. The average Bonchev–Trinajstić information content (AvgIpc) is 2.95. The van der Waals surface area contributed by atoms with Crippen LogP contribution in [0.1, 0.15) is 30.4 Å². The fourth-order valence-corrected chi connectivity index (χ4v) is 2.78. The van der Waals surface area contributed by atoms with E-state index in [9.17, 15) is 0 Å². The number of thioether (sulfide) groups is 1. The molecule has 0 spiro atoms. The summed E-state index contributed by atoms with van der Waals surface area (Å²) in [6.45, 7) is 4.00. The Hall–Kier alpha value is -1.75. The van der Waals surface area contributed by atoms with Gasteiger partial charge in [-0.15, -0.1) is 11.3 Å². The van der Waals surface area contributed by atoms with Gasteiger partial charge in [0.05, 0.1) is 10.1 Å². The van der Waals surface area contributed by atoms with Crippen molar-refractivity contribution in [2.45, 2.75) is 18.1 Å². The summed E-state index contributed by atoms with van der Waals surface area (Å²) >= 11 is 2.95. The molecule has 0 amide bonds. The molecule has 2 aromatic heterocycles. The van der Waals surface area contributed by atoms with Crippen molar-refractivity contribution >= 4 is 35.3 Å². The minimum atomic E-state index is 0.0721. The molecule has 0 saturated heterocycles. The van der Waals surface area contributed by atoms with Crippen molar-refractivity contribution in [3.8, 4) is 6.07 Å². The summed E-state index contributed by atoms with van der Waals surface area (Å²) in [5.74, 6) is 0.626. The molecular formula is C13H14N4OS2. The maximum absolute atomic E-state index is 8.79. The molecule has 1 N–H and O–H groups in total. The van der Waals surface area contributed by atoms with Gasteiger partial charge in [0.15, 0.2) is 5.82 Å². The lowest BCUT2D eigenvalue weighted by Gasteiger charge is -1.91. The molecular weight excluding hydrogens is 292 g/mol. The fraction of sp³-hybridized carbons (Fsp3) is 0.231. The highest BCUT2D eigenvalue weighted by Crippen LogP contribution is 2.27. The highest BCUT2D eigenvalue weighted by Gasteiger charge is 1.99. The van der Waals surface area contributed by atoms with Crippen molar-refractivity contribution < 1.29 is 5.11 Å². The third kappa shape index (κ3) is 5.09. The minimum absolute atomic E-state index is 0.0721. The van der Waals surface area contributed by atoms with Gasteiger partial charge in [0.1, 0.15) is 12.4 Å². The Morgan fingerprint density at radius 2 is 2.15 bits per heavy atom. The van der Waals surface area contributed by atoms with Gasteiger partial charge in [-0.3, -0.25) is 0 Å². The normalized spacial score (nSPS) is 9.90. The number of rotatable bonds is 4. The number of hydrogen-bond acceptors (Lipinski definition) is 7. The zero-order valence-corrected chi connectivity index (χ0v) is 12.8. The van der Waals surface area contributed by atoms with Crippen LogP contribution in [0, 0.1) is 11.3 Å². The van der Waals surface area contributed by atoms with Gasteiger partial charge < -0.3 is 5.11 Å². The van der Waals surface area contributed by atoms with Crippen molar-refractivity contribution in [2.75, 3.05) is 5.94 Å². The van der Waals surface area contributed by atoms with E-state index < -0.39 is 0 Å². The zero-order valence-electron chi connectivity index (χ0n) is 11.1. The summed E-state index contributed by atoms with van der Waals surface area (Å²) in [6, 6.07) is 5.76. The largest absolute Gasteiger partial charge is 0.385 e. The Labute approximate surface area is 126 Å². The molecule has 2 heterocycles. The van der Waals surface area contributed by atoms with Crippen molar-refractivity contribution in [1.29, 1.82) is 5.26 Å². The number of nitrogens with zero attached hydrogens (tertiary/aromatic N) is 4. The van der Waals surface area contributed by atoms with Crippen LogP contribution >= 0.6 is 23.1 Å². The second-order valence-corrected chi connectivity index (χ2v) is 5.40. The Kier molecular flexibility index (Phi) is 7.50. The van der Waals surface area contributed by atoms with Gasteiger partial charge in [0.25, 0.3) is 0 Å². The lowest BCUT2D eigenvalue weighted by Crippen LogP contribution is -1.93. The Bertz CT molecular complexity index is 604. The molecule has 0 atom stereocenters. The summed E-state index contributed by atoms with van der Waals surface area (Å²) in [5, 5.41) is 17.4. The van der Waals surface area contributed by atoms with E-state index in [0.717, 1.165) is 9.09 Å². The highest BCUT2D eigenvalue weighted by atomic mass is 32.2. The first-order chi connectivity index (χ1) is 9.81. The van der Waals surface area contributed by atoms with Crippen molar-refractivity contribution in [3.05, 3.63) is 35.0 Å². The summed E-state index contributed by atoms with van der Waals surface area (Å²) in [4.78, 5) is 12.6. The van der Waals surface area contributed by atoms with Gasteiger partial charge in [0, 0.05) is 4.88 Å². The lowest BCUT2D eigenvalue weighted by atomic mass is 10.4. The van der Waals surface area contributed by atoms with E-state index in [1.165, 1.54) is 18.1 Å². The van der Waals surface area contributed by atoms with E-state index in [4.69, 9.17) is 10.4 Å². The first-order valence-electron chi connectivity index (χ1n) is 5.92. The first kappa shape index (κ1) is 16.3. The predicted molar refractivity (Wildman–Crippen MR) is 82.1 cm³/mol. The molecule has 0 aromatic carbocycles. The number of aliphatic hydroxyl groups excluding tert-OH is 1. The molecule has 0 aliphatic carbocycles. The van der Waals surface area contributed by atoms with Gasteiger partial charge >= 0.3 is 0 Å². The number of aliphatic hydroxyl groups is 1. The molecule has 0 aliphatic rings. The van der Waals surface area contributed by atoms with E-state index in [1.807, 2.05) is 38.1 Å². The second kappa shape index (κ2) is 9.20. The van der Waals surface area contributed by atoms with Crippen LogP contribution in [0.5, 0.6) is 0 Å². The van der Waals surface area contributed by atoms with Gasteiger partial charge in [0.2, 0.25) is 5.82 Å². The molecule has 0 radical (unpaired) electrons. The smallest absolute Gasteiger partial charge is 0.235 e. The van der Waals surface area contributed by atoms with Crippen LogP contribution in [-0.4, -0.2) is 26.0 Å². The van der Waals surface area contributed by atoms with Crippen LogP contribution < -0.4 is 0 Å². The molecule has 20 heavy (non-hydrogen) atoms. The summed E-state index contributed by atoms with van der Waals surface area (Å²) in [5.41, 5.74) is 0. The van der Waals surface area contributed by atoms with Crippen LogP contribution in [0.25, 0.3) is 12.2 Å². The molecule has 0 saturated carbocycles. The molecule has 2 aromatic rings. The maximum atomic E-state index is 8.79. The molecule has 104 valence electrons. The number of thiophene rings is 1. The van der Waals surface area contributed by atoms with Gasteiger partial charge in [-0.1, -0.05) is 25.6 Å². The summed E-state index contributed by atoms with van der Waals surface area (Å²) in [7, 11) is 0. The fourth-order valence-electron chi connectivity index (χ4n) is 1.16. The first-order valence-corrected chi connectivity index (χ1v) is 7.73. The number of aromatic nitrogens is 3. The molecule has 0 fully saturated rings. The topological polar surface area (TPSA) is 82.7 Å². The maximum Gasteiger partial charge on any atom is 0.235 e. The lowest BCUT2D eigenvalue weighted by molar-refractivity contribution is 0.375. The van der Waals surface area contributed by atoms with Crippen LogP contribution in [0.15, 0.2) is 22.7 Å². The molecule has 5 nitrogen and oxygen atoms in total. The van der Waals surface area contributed by atoms with E-state index in [2.05, 4.69) is 15.0 Å². The minimum Gasteiger partial charge on any atom is -0.385 e. The van der Waals surface area contributed by atoms with Gasteiger partial charge in [-0.05, 0) is 24.3 Å². The van der Waals surface area contributed by atoms with E-state index in [0.29, 0.717) is 5.82 Å². The van der Waals surface area contributed by atoms with Crippen molar-refractivity contribution in [3.63, 3.8) is 0 Å². The van der Waals surface area contributed by atoms with E-state index >= 15 is 0 Å². The SMILES string of the molecule is CC.N#Cc1ncnc(/C=C/c2ccc(SCO)s2)n1. The third-order valence-corrected chi connectivity index (χ3v) is 3.89. The molecule has 2 rings (SSSR count). The van der Waals surface area contributed by atoms with Crippen molar-refractivity contribution in [2.24, 2.45) is 0 Å². The third-order valence-electron chi connectivity index (χ3n) is 1.90. The van der Waals surface area contributed by atoms with E-state index in [-0.39, 0.29) is 11.8 Å². The quantitative estimate of drug-likeness (QED) is 0.690. The molecule has 0 bridgehead atoms. The Morgan fingerprint density at radius 1 is 1.35 bits per heavy atom. The van der Waals surface area contributed by atoms with Crippen LogP contribution in [-0.2, 0) is 0 Å². The summed E-state index contributed by atoms with van der Waals surface area (Å²) < 4.78 is 1.05. The van der Waals surface area contributed by atoms with Crippen LogP contribution in [0.4, 0.5) is 0 Å². The Morgan fingerprint density at radius 3 is 2.85 bits per heavy atom. The van der Waals surface area contributed by atoms with Crippen molar-refractivity contribution in [1.82, 2.24) is 15.0 Å². The standard InChI is InChI=1S/C11H8N4OS2.C2H6/c12-5-10-14-6-13-9(15-10)3-1-8-2-4-11(18-8)17-7-16;1-2/h1-4,6,16H,7H2;1-2H3/b3-1+;. The van der Waals surface area contributed by atoms with E-state index in [1.54, 1.807) is 17.4 Å². The number of hydrogen-bond donors (Lipinski definition) is 1. The van der Waals surface area contributed by atoms with Gasteiger partial charge in [-0.2, -0.15) is 10.2 Å².